The van der Waals surface area contributed by atoms with E-state index in [4.69, 9.17) is 4.74 Å². The van der Waals surface area contributed by atoms with Gasteiger partial charge >= 0.3 is 30.8 Å². The first-order valence-electron chi connectivity index (χ1n) is 17.4. The molecule has 1 aliphatic heterocycles. The molecular weight excluding hydrogens is 615 g/mol. The van der Waals surface area contributed by atoms with Gasteiger partial charge in [-0.05, 0) is 111 Å². The minimum atomic E-state index is -0.562. The van der Waals surface area contributed by atoms with Gasteiger partial charge < -0.3 is 30.3 Å². The Bertz CT molecular complexity index is 1050. The van der Waals surface area contributed by atoms with Crippen LogP contribution in [0, 0.1) is 46.3 Å². The Labute approximate surface area is 301 Å². The summed E-state index contributed by atoms with van der Waals surface area (Å²) in [6.45, 7) is 16.7. The summed E-state index contributed by atoms with van der Waals surface area (Å²) in [5.74, 6) is 2.31. The van der Waals surface area contributed by atoms with Crippen LogP contribution in [0.3, 0.4) is 0 Å². The maximum absolute atomic E-state index is 11.5. The number of aliphatic hydroxyl groups is 3. The van der Waals surface area contributed by atoms with Crippen LogP contribution in [0.2, 0.25) is 0 Å². The van der Waals surface area contributed by atoms with Gasteiger partial charge in [0.15, 0.2) is 0 Å². The number of aliphatic hydroxyl groups excluding tert-OH is 3. The molecule has 8 nitrogen and oxygen atoms in total. The predicted octanol–water partition coefficient (Wildman–Crippen LogP) is 3.78. The summed E-state index contributed by atoms with van der Waals surface area (Å²) in [6.07, 6.45) is 12.9. The van der Waals surface area contributed by atoms with Crippen LogP contribution in [-0.2, 0) is 19.1 Å². The molecule has 0 amide bonds. The zero-order valence-corrected chi connectivity index (χ0v) is 30.7. The second kappa shape index (κ2) is 18.4. The van der Waals surface area contributed by atoms with Crippen LogP contribution in [0.5, 0.6) is 0 Å². The van der Waals surface area contributed by atoms with E-state index in [1.165, 1.54) is 26.4 Å². The van der Waals surface area contributed by atoms with Crippen molar-refractivity contribution in [2.75, 3.05) is 7.11 Å². The molecule has 0 aromatic heterocycles. The van der Waals surface area contributed by atoms with Gasteiger partial charge in [0.25, 0.3) is 0 Å². The minimum Gasteiger partial charge on any atom is -0.870 e. The summed E-state index contributed by atoms with van der Waals surface area (Å²) in [6, 6.07) is 0. The van der Waals surface area contributed by atoms with Crippen molar-refractivity contribution < 1.29 is 58.7 Å². The van der Waals surface area contributed by atoms with Gasteiger partial charge in [-0.25, -0.2) is 9.59 Å². The molecule has 4 aliphatic carbocycles. The third-order valence-corrected chi connectivity index (χ3v) is 13.0. The molecule has 0 spiro atoms. The van der Waals surface area contributed by atoms with Crippen LogP contribution in [-0.4, -0.2) is 64.3 Å². The Balaban J connectivity index is 0.000000443. The van der Waals surface area contributed by atoms with Crippen molar-refractivity contribution in [1.29, 1.82) is 0 Å². The first kappa shape index (κ1) is 44.2. The normalized spacial score (nSPS) is 37.6. The fourth-order valence-corrected chi connectivity index (χ4v) is 10.8. The Morgan fingerprint density at radius 1 is 0.957 bits per heavy atom. The third-order valence-electron chi connectivity index (χ3n) is 13.0. The van der Waals surface area contributed by atoms with E-state index in [9.17, 15) is 24.9 Å². The molecule has 5 fully saturated rings. The van der Waals surface area contributed by atoms with E-state index in [0.717, 1.165) is 51.4 Å². The summed E-state index contributed by atoms with van der Waals surface area (Å²) in [7, 11) is 1.33. The zero-order chi connectivity index (χ0) is 32.4. The molecule has 0 aromatic carbocycles. The van der Waals surface area contributed by atoms with Gasteiger partial charge in [-0.1, -0.05) is 53.7 Å². The molecule has 0 radical (unpaired) electrons. The summed E-state index contributed by atoms with van der Waals surface area (Å²) < 4.78 is 10.0. The standard InChI is InChI=1S/C19H32O4.C18H28O3.ClH.Li.H2O/c1-12(10-14(20)11-13(2)18(22)23-4)15-7-8-16-17(21)6-5-9-19(15,16)3;1-11(9-13-10-12(2)17(20)21-13)14-6-7-15-16(19)5-4-8-18(14,15)3;;;/h12,14-17,20-21H,2,5-11H2,1,3-4H3;11,13-16,19H,2,4-10H2,1,3H3;1H;;1H2/q;;;+1;/p-1/t12-,14?,15-,16?,17?,19-;11-,13+,14-,15?,16+,18-;;;/m11.../s1. The second-order valence-electron chi connectivity index (χ2n) is 15.7. The number of hydrogen-bond acceptors (Lipinski definition) is 8. The van der Waals surface area contributed by atoms with E-state index in [1.807, 2.05) is 0 Å². The van der Waals surface area contributed by atoms with Crippen LogP contribution in [0.1, 0.15) is 118 Å². The minimum absolute atomic E-state index is 0. The first-order valence-corrected chi connectivity index (χ1v) is 17.4. The fraction of sp³-hybridized carbons (Fsp3) is 0.838. The van der Waals surface area contributed by atoms with Crippen LogP contribution in [0.15, 0.2) is 24.3 Å². The molecule has 47 heavy (non-hydrogen) atoms. The van der Waals surface area contributed by atoms with Crippen molar-refractivity contribution in [3.05, 3.63) is 24.3 Å². The molecule has 4 unspecified atom stereocenters. The molecule has 0 aromatic rings. The van der Waals surface area contributed by atoms with Crippen molar-refractivity contribution >= 4 is 24.3 Å². The average molecular weight is 677 g/mol. The van der Waals surface area contributed by atoms with Crippen LogP contribution in [0.4, 0.5) is 0 Å². The van der Waals surface area contributed by atoms with Gasteiger partial charge in [0, 0.05) is 24.0 Å². The van der Waals surface area contributed by atoms with Gasteiger partial charge in [-0.2, -0.15) is 0 Å². The van der Waals surface area contributed by atoms with Gasteiger partial charge in [0.2, 0.25) is 0 Å². The number of carbonyl (C=O) groups excluding carboxylic acids is 2. The quantitative estimate of drug-likeness (QED) is 0.190. The number of hydrogen-bond donors (Lipinski definition) is 3. The summed E-state index contributed by atoms with van der Waals surface area (Å²) in [5, 5.41) is 30.9. The maximum atomic E-state index is 11.5. The fourth-order valence-electron chi connectivity index (χ4n) is 10.8. The summed E-state index contributed by atoms with van der Waals surface area (Å²) in [5.41, 5.74) is 1.42. The number of fused-ring (bicyclic) bond motifs is 2. The third kappa shape index (κ3) is 9.69. The van der Waals surface area contributed by atoms with Crippen molar-refractivity contribution in [3.63, 3.8) is 0 Å². The van der Waals surface area contributed by atoms with E-state index >= 15 is 0 Å². The summed E-state index contributed by atoms with van der Waals surface area (Å²) in [4.78, 5) is 22.9. The molecule has 10 heteroatoms. The largest absolute Gasteiger partial charge is 1.00 e. The number of ether oxygens (including phenoxy) is 2. The number of esters is 2. The number of cyclic esters (lactones) is 1. The topological polar surface area (TPSA) is 143 Å². The predicted molar refractivity (Wildman–Crippen MR) is 181 cm³/mol. The number of halogens is 1. The molecule has 0 bridgehead atoms. The van der Waals surface area contributed by atoms with Gasteiger partial charge in [0.05, 0.1) is 25.4 Å². The molecule has 4 N–H and O–H groups in total. The first-order chi connectivity index (χ1) is 20.7. The summed E-state index contributed by atoms with van der Waals surface area (Å²) >= 11 is 0. The molecule has 1 saturated heterocycles. The Morgan fingerprint density at radius 3 is 1.89 bits per heavy atom. The second-order valence-corrected chi connectivity index (χ2v) is 15.7. The molecule has 5 rings (SSSR count). The zero-order valence-electron chi connectivity index (χ0n) is 29.9. The van der Waals surface area contributed by atoms with Gasteiger partial charge in [-0.3, -0.25) is 0 Å². The van der Waals surface area contributed by atoms with E-state index < -0.39 is 12.1 Å². The van der Waals surface area contributed by atoms with Crippen LogP contribution >= 0.6 is 12.4 Å². The van der Waals surface area contributed by atoms with Crippen LogP contribution < -0.4 is 18.9 Å². The van der Waals surface area contributed by atoms with Crippen LogP contribution in [0.25, 0.3) is 0 Å². The Kier molecular flexibility index (Phi) is 17.3. The molecule has 1 heterocycles. The average Bonchev–Trinajstić information content (AvgIpc) is 3.60. The van der Waals surface area contributed by atoms with Crippen molar-refractivity contribution in [2.45, 2.75) is 142 Å². The van der Waals surface area contributed by atoms with E-state index in [0.29, 0.717) is 59.5 Å². The van der Waals surface area contributed by atoms with E-state index in [-0.39, 0.29) is 78.3 Å². The van der Waals surface area contributed by atoms with Gasteiger partial charge in [0.1, 0.15) is 6.10 Å². The smallest absolute Gasteiger partial charge is 0.870 e. The molecule has 266 valence electrons. The van der Waals surface area contributed by atoms with Crippen molar-refractivity contribution in [1.82, 2.24) is 0 Å². The Morgan fingerprint density at radius 2 is 1.45 bits per heavy atom. The number of rotatable bonds is 9. The Hall–Kier alpha value is -0.853. The number of methoxy groups -OCH3 is 1. The molecule has 4 saturated carbocycles. The maximum Gasteiger partial charge on any atom is 1.00 e. The van der Waals surface area contributed by atoms with E-state index in [2.05, 4.69) is 45.6 Å². The van der Waals surface area contributed by atoms with E-state index in [1.54, 1.807) is 0 Å². The SMILES string of the molecule is C=C(CC(O)C[C@@H](C)[C@H]1CCC2C(O)CCC[C@@]21C)C(=O)OC.C=C1C[C@H](C[C@@H](C)[C@H]2CCC3[C@@H](O)CCC[C@@]32C)OC1=O.Cl.[Li+].[OH-]. The van der Waals surface area contributed by atoms with Crippen molar-refractivity contribution in [3.8, 4) is 0 Å². The number of carbonyl (C=O) groups is 2. The van der Waals surface area contributed by atoms with Crippen molar-refractivity contribution in [2.24, 2.45) is 46.3 Å². The monoisotopic (exact) mass is 676 g/mol. The van der Waals surface area contributed by atoms with Gasteiger partial charge in [-0.15, -0.1) is 12.4 Å². The molecular formula is C37H62ClLiO8. The molecule has 5 aliphatic rings. The molecule has 12 atom stereocenters.